The lowest BCUT2D eigenvalue weighted by Gasteiger charge is -2.17. The summed E-state index contributed by atoms with van der Waals surface area (Å²) < 4.78 is 13.5. The van der Waals surface area contributed by atoms with Crippen LogP contribution < -0.4 is 10.6 Å². The zero-order valence-electron chi connectivity index (χ0n) is 10.5. The molecule has 3 N–H and O–H groups in total. The number of thioether (sulfide) groups is 1. The molecule has 1 rings (SSSR count). The van der Waals surface area contributed by atoms with Crippen LogP contribution in [0, 0.1) is 5.82 Å². The molecule has 0 heterocycles. The number of hydrogen-bond donors (Lipinski definition) is 3. The maximum absolute atomic E-state index is 13.5. The van der Waals surface area contributed by atoms with Gasteiger partial charge in [-0.1, -0.05) is 11.6 Å². The van der Waals surface area contributed by atoms with Crippen LogP contribution in [0.4, 0.5) is 14.9 Å². The van der Waals surface area contributed by atoms with Gasteiger partial charge in [0.05, 0.1) is 5.69 Å². The topological polar surface area (TPSA) is 61.4 Å². The van der Waals surface area contributed by atoms with Gasteiger partial charge in [-0.15, -0.1) is 0 Å². The van der Waals surface area contributed by atoms with E-state index < -0.39 is 11.8 Å². The average Bonchev–Trinajstić information content (AvgIpc) is 2.33. The highest BCUT2D eigenvalue weighted by Gasteiger charge is 2.12. The molecular weight excluding hydrogens is 291 g/mol. The van der Waals surface area contributed by atoms with Gasteiger partial charge in [-0.2, -0.15) is 11.8 Å². The van der Waals surface area contributed by atoms with Gasteiger partial charge in [-0.05, 0) is 30.9 Å². The Kier molecular flexibility index (Phi) is 6.97. The predicted molar refractivity (Wildman–Crippen MR) is 77.4 cm³/mol. The van der Waals surface area contributed by atoms with E-state index in [-0.39, 0.29) is 23.4 Å². The van der Waals surface area contributed by atoms with E-state index in [1.807, 2.05) is 6.26 Å². The lowest BCUT2D eigenvalue weighted by Crippen LogP contribution is -2.40. The lowest BCUT2D eigenvalue weighted by atomic mass is 10.2. The minimum absolute atomic E-state index is 0.0131. The van der Waals surface area contributed by atoms with Crippen LogP contribution in [0.5, 0.6) is 0 Å². The predicted octanol–water partition coefficient (Wildman–Crippen LogP) is 2.71. The highest BCUT2D eigenvalue weighted by molar-refractivity contribution is 7.98. The maximum atomic E-state index is 13.5. The SMILES string of the molecule is CSC[C@H](CCO)NC(=O)Nc1ccc(Cl)cc1F. The molecule has 0 spiro atoms. The molecule has 106 valence electrons. The number of halogens is 2. The number of nitrogens with one attached hydrogen (secondary N) is 2. The number of carbonyl (C=O) groups is 1. The quantitative estimate of drug-likeness (QED) is 0.757. The van der Waals surface area contributed by atoms with Crippen LogP contribution in [0.2, 0.25) is 5.02 Å². The Bertz CT molecular complexity index is 428. The first-order valence-corrected chi connectivity index (χ1v) is 7.46. The first kappa shape index (κ1) is 16.1. The van der Waals surface area contributed by atoms with E-state index >= 15 is 0 Å². The molecule has 4 nitrogen and oxygen atoms in total. The number of rotatable bonds is 6. The van der Waals surface area contributed by atoms with Crippen molar-refractivity contribution in [2.45, 2.75) is 12.5 Å². The van der Waals surface area contributed by atoms with Crippen molar-refractivity contribution < 1.29 is 14.3 Å². The molecule has 0 fully saturated rings. The van der Waals surface area contributed by atoms with Crippen molar-refractivity contribution in [2.24, 2.45) is 0 Å². The van der Waals surface area contributed by atoms with Gasteiger partial charge in [-0.25, -0.2) is 9.18 Å². The summed E-state index contributed by atoms with van der Waals surface area (Å²) in [6.07, 6.45) is 2.36. The van der Waals surface area contributed by atoms with Crippen molar-refractivity contribution in [3.05, 3.63) is 29.0 Å². The fourth-order valence-electron chi connectivity index (χ4n) is 1.49. The Balaban J connectivity index is 2.58. The van der Waals surface area contributed by atoms with E-state index in [9.17, 15) is 9.18 Å². The molecule has 19 heavy (non-hydrogen) atoms. The summed E-state index contributed by atoms with van der Waals surface area (Å²) in [6, 6.07) is 3.36. The summed E-state index contributed by atoms with van der Waals surface area (Å²) in [7, 11) is 0. The van der Waals surface area contributed by atoms with E-state index in [0.29, 0.717) is 12.2 Å². The van der Waals surface area contributed by atoms with Gasteiger partial charge in [0.2, 0.25) is 0 Å². The highest BCUT2D eigenvalue weighted by Crippen LogP contribution is 2.18. The molecule has 0 aromatic heterocycles. The molecule has 1 aromatic rings. The molecular formula is C12H16ClFN2O2S. The van der Waals surface area contributed by atoms with Crippen LogP contribution in [0.1, 0.15) is 6.42 Å². The molecule has 1 aromatic carbocycles. The fraction of sp³-hybridized carbons (Fsp3) is 0.417. The molecule has 0 radical (unpaired) electrons. The van der Waals surface area contributed by atoms with E-state index in [0.717, 1.165) is 6.07 Å². The first-order valence-electron chi connectivity index (χ1n) is 5.69. The molecule has 2 amide bonds. The Morgan fingerprint density at radius 3 is 2.89 bits per heavy atom. The zero-order valence-corrected chi connectivity index (χ0v) is 12.0. The number of anilines is 1. The van der Waals surface area contributed by atoms with Crippen LogP contribution in [-0.4, -0.2) is 35.8 Å². The van der Waals surface area contributed by atoms with Crippen LogP contribution in [0.15, 0.2) is 18.2 Å². The third-order valence-corrected chi connectivity index (χ3v) is 3.33. The number of hydrogen-bond acceptors (Lipinski definition) is 3. The number of carbonyl (C=O) groups excluding carboxylic acids is 1. The van der Waals surface area contributed by atoms with Crippen molar-refractivity contribution in [1.82, 2.24) is 5.32 Å². The molecule has 0 saturated heterocycles. The molecule has 0 bridgehead atoms. The van der Waals surface area contributed by atoms with Crippen molar-refractivity contribution in [2.75, 3.05) is 23.9 Å². The summed E-state index contributed by atoms with van der Waals surface area (Å²) in [6.45, 7) is -0.0131. The Labute approximate surface area is 120 Å². The number of aliphatic hydroxyl groups excluding tert-OH is 1. The Morgan fingerprint density at radius 2 is 2.32 bits per heavy atom. The number of benzene rings is 1. The van der Waals surface area contributed by atoms with Crippen LogP contribution in [-0.2, 0) is 0 Å². The Hall–Kier alpha value is -0.980. The fourth-order valence-corrected chi connectivity index (χ4v) is 2.30. The van der Waals surface area contributed by atoms with Gasteiger partial charge in [0.25, 0.3) is 0 Å². The van der Waals surface area contributed by atoms with Gasteiger partial charge < -0.3 is 15.7 Å². The van der Waals surface area contributed by atoms with Gasteiger partial charge in [0.15, 0.2) is 0 Å². The number of aliphatic hydroxyl groups is 1. The van der Waals surface area contributed by atoms with E-state index in [4.69, 9.17) is 16.7 Å². The van der Waals surface area contributed by atoms with E-state index in [1.165, 1.54) is 12.1 Å². The highest BCUT2D eigenvalue weighted by atomic mass is 35.5. The summed E-state index contributed by atoms with van der Waals surface area (Å²) in [5.74, 6) is 0.0862. The third-order valence-electron chi connectivity index (χ3n) is 2.36. The molecule has 0 unspecified atom stereocenters. The van der Waals surface area contributed by atoms with Gasteiger partial charge >= 0.3 is 6.03 Å². The summed E-state index contributed by atoms with van der Waals surface area (Å²) in [5.41, 5.74) is 0.0637. The van der Waals surface area contributed by atoms with Crippen molar-refractivity contribution in [3.8, 4) is 0 Å². The number of amides is 2. The second kappa shape index (κ2) is 8.24. The average molecular weight is 307 g/mol. The molecule has 0 saturated carbocycles. The monoisotopic (exact) mass is 306 g/mol. The van der Waals surface area contributed by atoms with Crippen molar-refractivity contribution >= 4 is 35.1 Å². The molecule has 0 aliphatic heterocycles. The lowest BCUT2D eigenvalue weighted by molar-refractivity contribution is 0.241. The van der Waals surface area contributed by atoms with Gasteiger partial charge in [0, 0.05) is 23.4 Å². The zero-order chi connectivity index (χ0) is 14.3. The summed E-state index contributed by atoms with van der Waals surface area (Å²) in [5, 5.41) is 14.2. The maximum Gasteiger partial charge on any atom is 0.319 e. The Morgan fingerprint density at radius 1 is 1.58 bits per heavy atom. The minimum atomic E-state index is -0.591. The normalized spacial score (nSPS) is 12.0. The van der Waals surface area contributed by atoms with Crippen LogP contribution in [0.3, 0.4) is 0 Å². The first-order chi connectivity index (χ1) is 9.06. The smallest absolute Gasteiger partial charge is 0.319 e. The second-order valence-electron chi connectivity index (χ2n) is 3.89. The van der Waals surface area contributed by atoms with Crippen molar-refractivity contribution in [1.29, 1.82) is 0 Å². The van der Waals surface area contributed by atoms with Gasteiger partial charge in [0.1, 0.15) is 5.82 Å². The standard InChI is InChI=1S/C12H16ClFN2O2S/c1-19-7-9(4-5-17)15-12(18)16-11-3-2-8(13)6-10(11)14/h2-3,6,9,17H,4-5,7H2,1H3,(H2,15,16,18)/t9-/m0/s1. The van der Waals surface area contributed by atoms with Gasteiger partial charge in [-0.3, -0.25) is 0 Å². The van der Waals surface area contributed by atoms with E-state index in [2.05, 4.69) is 10.6 Å². The molecule has 1 atom stereocenters. The van der Waals surface area contributed by atoms with Crippen LogP contribution >= 0.6 is 23.4 Å². The minimum Gasteiger partial charge on any atom is -0.396 e. The van der Waals surface area contributed by atoms with Crippen LogP contribution in [0.25, 0.3) is 0 Å². The largest absolute Gasteiger partial charge is 0.396 e. The second-order valence-corrected chi connectivity index (χ2v) is 5.23. The summed E-state index contributed by atoms with van der Waals surface area (Å²) in [4.78, 5) is 11.7. The third kappa shape index (κ3) is 5.67. The number of urea groups is 1. The van der Waals surface area contributed by atoms with E-state index in [1.54, 1.807) is 11.8 Å². The molecule has 0 aliphatic carbocycles. The molecule has 0 aliphatic rings. The van der Waals surface area contributed by atoms with Crippen molar-refractivity contribution in [3.63, 3.8) is 0 Å². The summed E-state index contributed by atoms with van der Waals surface area (Å²) >= 11 is 7.18. The molecule has 7 heteroatoms.